The Morgan fingerprint density at radius 1 is 1.25 bits per heavy atom. The molecule has 0 N–H and O–H groups in total. The maximum absolute atomic E-state index is 12.5. The smallest absolute Gasteiger partial charge is 0.267 e. The van der Waals surface area contributed by atoms with Crippen molar-refractivity contribution in [3.63, 3.8) is 0 Å². The monoisotopic (exact) mass is 285 g/mol. The van der Waals surface area contributed by atoms with Crippen molar-refractivity contribution in [2.75, 3.05) is 0 Å². The molecule has 0 radical (unpaired) electrons. The third kappa shape index (κ3) is 2.25. The molecule has 5 heteroatoms. The first-order chi connectivity index (χ1) is 9.66. The lowest BCUT2D eigenvalue weighted by atomic mass is 10.1. The molecule has 2 aromatic heterocycles. The molecule has 3 rings (SSSR count). The molecular formula is C15H15N3OS. The molecular weight excluding hydrogens is 270 g/mol. The van der Waals surface area contributed by atoms with Gasteiger partial charge in [0.25, 0.3) is 5.56 Å². The van der Waals surface area contributed by atoms with Crippen LogP contribution in [0, 0.1) is 5.92 Å². The highest BCUT2D eigenvalue weighted by Gasteiger charge is 2.13. The van der Waals surface area contributed by atoms with Crippen molar-refractivity contribution in [2.45, 2.75) is 20.4 Å². The number of benzene rings is 1. The quantitative estimate of drug-likeness (QED) is 0.742. The number of aromatic nitrogens is 3. The molecule has 3 aromatic rings. The molecule has 2 heterocycles. The second-order valence-corrected chi connectivity index (χ2v) is 6.03. The van der Waals surface area contributed by atoms with Crippen LogP contribution in [0.1, 0.15) is 13.8 Å². The van der Waals surface area contributed by atoms with Crippen LogP contribution in [0.3, 0.4) is 0 Å². The Balaban J connectivity index is 2.33. The van der Waals surface area contributed by atoms with Crippen LogP contribution in [0.15, 0.2) is 40.8 Å². The predicted molar refractivity (Wildman–Crippen MR) is 81.9 cm³/mol. The Morgan fingerprint density at radius 2 is 2.00 bits per heavy atom. The molecule has 0 amide bonds. The minimum absolute atomic E-state index is 0.0254. The first-order valence-corrected chi connectivity index (χ1v) is 7.43. The molecule has 0 unspecified atom stereocenters. The van der Waals surface area contributed by atoms with Crippen LogP contribution in [0.5, 0.6) is 0 Å². The molecule has 102 valence electrons. The minimum Gasteiger partial charge on any atom is -0.267 e. The molecule has 0 aliphatic heterocycles. The number of rotatable bonds is 3. The van der Waals surface area contributed by atoms with Crippen molar-refractivity contribution in [2.24, 2.45) is 5.92 Å². The highest BCUT2D eigenvalue weighted by atomic mass is 32.1. The molecule has 0 saturated carbocycles. The fraction of sp³-hybridized carbons (Fsp3) is 0.267. The number of hydrogen-bond donors (Lipinski definition) is 0. The van der Waals surface area contributed by atoms with E-state index in [9.17, 15) is 4.79 Å². The standard InChI is InChI=1S/C15H15N3OS/c1-10(2)8-18-15(19)12-6-4-3-5-11(12)14(17-18)13-7-16-9-20-13/h3-7,9-10H,8H2,1-2H3. The van der Waals surface area contributed by atoms with Crippen LogP contribution in [-0.2, 0) is 6.54 Å². The maximum Gasteiger partial charge on any atom is 0.274 e. The Hall–Kier alpha value is -2.01. The molecule has 1 aromatic carbocycles. The predicted octanol–water partition coefficient (Wildman–Crippen LogP) is 3.18. The molecule has 4 nitrogen and oxygen atoms in total. The summed E-state index contributed by atoms with van der Waals surface area (Å²) in [5, 5.41) is 6.16. The SMILES string of the molecule is CC(C)Cn1nc(-c2cncs2)c2ccccc2c1=O. The summed E-state index contributed by atoms with van der Waals surface area (Å²) >= 11 is 1.54. The number of nitrogens with zero attached hydrogens (tertiary/aromatic N) is 3. The lowest BCUT2D eigenvalue weighted by Crippen LogP contribution is -2.25. The average molecular weight is 285 g/mol. The van der Waals surface area contributed by atoms with Gasteiger partial charge in [-0.15, -0.1) is 11.3 Å². The van der Waals surface area contributed by atoms with Gasteiger partial charge in [-0.25, -0.2) is 4.68 Å². The van der Waals surface area contributed by atoms with Crippen molar-refractivity contribution in [1.29, 1.82) is 0 Å². The van der Waals surface area contributed by atoms with E-state index < -0.39 is 0 Å². The van der Waals surface area contributed by atoms with E-state index in [1.807, 2.05) is 24.3 Å². The molecule has 0 aliphatic carbocycles. The third-order valence-electron chi connectivity index (χ3n) is 3.07. The van der Waals surface area contributed by atoms with Crippen molar-refractivity contribution in [3.05, 3.63) is 46.3 Å². The summed E-state index contributed by atoms with van der Waals surface area (Å²) in [4.78, 5) is 17.6. The van der Waals surface area contributed by atoms with Crippen molar-refractivity contribution in [3.8, 4) is 10.6 Å². The van der Waals surface area contributed by atoms with Crippen LogP contribution in [0.4, 0.5) is 0 Å². The second-order valence-electron chi connectivity index (χ2n) is 5.14. The van der Waals surface area contributed by atoms with Gasteiger partial charge in [-0.2, -0.15) is 5.10 Å². The second kappa shape index (κ2) is 5.17. The van der Waals surface area contributed by atoms with Gasteiger partial charge in [0, 0.05) is 18.1 Å². The van der Waals surface area contributed by atoms with Crippen LogP contribution < -0.4 is 5.56 Å². The lowest BCUT2D eigenvalue weighted by Gasteiger charge is -2.11. The van der Waals surface area contributed by atoms with Crippen molar-refractivity contribution >= 4 is 22.1 Å². The van der Waals surface area contributed by atoms with Gasteiger partial charge in [0.15, 0.2) is 0 Å². The Kier molecular flexibility index (Phi) is 3.36. The van der Waals surface area contributed by atoms with Gasteiger partial charge in [-0.3, -0.25) is 9.78 Å². The largest absolute Gasteiger partial charge is 0.274 e. The Bertz CT molecular complexity index is 790. The van der Waals surface area contributed by atoms with E-state index in [4.69, 9.17) is 0 Å². The van der Waals surface area contributed by atoms with Crippen LogP contribution in [0.25, 0.3) is 21.3 Å². The maximum atomic E-state index is 12.5. The summed E-state index contributed by atoms with van der Waals surface area (Å²) in [7, 11) is 0. The molecule has 0 bridgehead atoms. The van der Waals surface area contributed by atoms with Gasteiger partial charge in [-0.05, 0) is 12.0 Å². The lowest BCUT2D eigenvalue weighted by molar-refractivity contribution is 0.468. The molecule has 0 atom stereocenters. The van der Waals surface area contributed by atoms with Crippen molar-refractivity contribution < 1.29 is 0 Å². The van der Waals surface area contributed by atoms with Gasteiger partial charge in [0.05, 0.1) is 15.8 Å². The van der Waals surface area contributed by atoms with Gasteiger partial charge in [0.2, 0.25) is 0 Å². The van der Waals surface area contributed by atoms with E-state index in [0.29, 0.717) is 17.8 Å². The van der Waals surface area contributed by atoms with E-state index in [2.05, 4.69) is 23.9 Å². The first kappa shape index (κ1) is 13.0. The summed E-state index contributed by atoms with van der Waals surface area (Å²) < 4.78 is 1.57. The van der Waals surface area contributed by atoms with E-state index >= 15 is 0 Å². The first-order valence-electron chi connectivity index (χ1n) is 6.55. The topological polar surface area (TPSA) is 47.8 Å². The van der Waals surface area contributed by atoms with Crippen LogP contribution >= 0.6 is 11.3 Å². The molecule has 20 heavy (non-hydrogen) atoms. The van der Waals surface area contributed by atoms with Crippen molar-refractivity contribution in [1.82, 2.24) is 14.8 Å². The van der Waals surface area contributed by atoms with E-state index in [0.717, 1.165) is 16.0 Å². The van der Waals surface area contributed by atoms with E-state index in [-0.39, 0.29) is 5.56 Å². The van der Waals surface area contributed by atoms with Crippen LogP contribution in [0.2, 0.25) is 0 Å². The fourth-order valence-electron chi connectivity index (χ4n) is 2.22. The molecule has 0 saturated heterocycles. The zero-order valence-electron chi connectivity index (χ0n) is 11.4. The summed E-state index contributed by atoms with van der Waals surface area (Å²) in [5.41, 5.74) is 2.59. The van der Waals surface area contributed by atoms with E-state index in [1.165, 1.54) is 11.3 Å². The summed E-state index contributed by atoms with van der Waals surface area (Å²) in [6.07, 6.45) is 1.80. The van der Waals surface area contributed by atoms with E-state index in [1.54, 1.807) is 16.4 Å². The van der Waals surface area contributed by atoms with Crippen LogP contribution in [-0.4, -0.2) is 14.8 Å². The number of thiazole rings is 1. The highest BCUT2D eigenvalue weighted by molar-refractivity contribution is 7.13. The number of fused-ring (bicyclic) bond motifs is 1. The number of hydrogen-bond acceptors (Lipinski definition) is 4. The summed E-state index contributed by atoms with van der Waals surface area (Å²) in [5.74, 6) is 0.371. The Labute approximate surface area is 120 Å². The normalized spacial score (nSPS) is 11.3. The zero-order chi connectivity index (χ0) is 14.1. The summed E-state index contributed by atoms with van der Waals surface area (Å²) in [6.45, 7) is 4.78. The Morgan fingerprint density at radius 3 is 2.65 bits per heavy atom. The molecule has 0 aliphatic rings. The fourth-order valence-corrected chi connectivity index (χ4v) is 2.84. The third-order valence-corrected chi connectivity index (χ3v) is 3.85. The zero-order valence-corrected chi connectivity index (χ0v) is 12.2. The highest BCUT2D eigenvalue weighted by Crippen LogP contribution is 2.27. The minimum atomic E-state index is -0.0254. The van der Waals surface area contributed by atoms with Gasteiger partial charge < -0.3 is 0 Å². The molecule has 0 fully saturated rings. The van der Waals surface area contributed by atoms with Gasteiger partial charge >= 0.3 is 0 Å². The van der Waals surface area contributed by atoms with Gasteiger partial charge in [-0.1, -0.05) is 32.0 Å². The molecule has 0 spiro atoms. The average Bonchev–Trinajstić information content (AvgIpc) is 2.95. The summed E-state index contributed by atoms with van der Waals surface area (Å²) in [6, 6.07) is 7.62. The van der Waals surface area contributed by atoms with Gasteiger partial charge in [0.1, 0.15) is 5.69 Å².